The van der Waals surface area contributed by atoms with Gasteiger partial charge < -0.3 is 9.30 Å². The number of hydrogen-bond acceptors (Lipinski definition) is 6. The Hall–Kier alpha value is -3.04. The minimum Gasteiger partial charge on any atom is -0.478 e. The molecule has 8 nitrogen and oxygen atoms in total. The van der Waals surface area contributed by atoms with Gasteiger partial charge in [-0.1, -0.05) is 35.5 Å². The molecule has 1 heterocycles. The number of nitrogens with one attached hydrogen (secondary N) is 2. The summed E-state index contributed by atoms with van der Waals surface area (Å²) in [7, 11) is 1.88. The Morgan fingerprint density at radius 3 is 2.39 bits per heavy atom. The molecule has 10 heteroatoms. The van der Waals surface area contributed by atoms with Gasteiger partial charge in [0.15, 0.2) is 10.8 Å². The number of benzene rings is 2. The van der Waals surface area contributed by atoms with Crippen molar-refractivity contribution in [2.75, 3.05) is 0 Å². The van der Waals surface area contributed by atoms with Crippen LogP contribution in [0.1, 0.15) is 29.8 Å². The lowest BCUT2D eigenvalue weighted by Gasteiger charge is -2.25. The lowest BCUT2D eigenvalue weighted by atomic mass is 10.1. The highest BCUT2D eigenvalue weighted by molar-refractivity contribution is 7.98. The van der Waals surface area contributed by atoms with Gasteiger partial charge in [0.25, 0.3) is 11.8 Å². The van der Waals surface area contributed by atoms with Gasteiger partial charge in [0.1, 0.15) is 12.1 Å². The molecule has 0 radical (unpaired) electrons. The summed E-state index contributed by atoms with van der Waals surface area (Å²) in [5.74, 6) is 0.266. The van der Waals surface area contributed by atoms with E-state index < -0.39 is 17.4 Å². The van der Waals surface area contributed by atoms with Crippen LogP contribution in [0.5, 0.6) is 5.75 Å². The van der Waals surface area contributed by atoms with Gasteiger partial charge in [-0.25, -0.2) is 0 Å². The first-order valence-electron chi connectivity index (χ1n) is 9.36. The molecule has 2 aromatic carbocycles. The topological polar surface area (TPSA) is 98.1 Å². The number of carbonyl (C=O) groups excluding carboxylic acids is 2. The zero-order chi connectivity index (χ0) is 22.4. The van der Waals surface area contributed by atoms with E-state index in [2.05, 4.69) is 21.0 Å². The van der Waals surface area contributed by atoms with Crippen molar-refractivity contribution in [1.82, 2.24) is 25.6 Å². The zero-order valence-corrected chi connectivity index (χ0v) is 18.8. The number of aromatic nitrogens is 3. The summed E-state index contributed by atoms with van der Waals surface area (Å²) in [6.45, 7) is 3.21. The molecule has 3 rings (SSSR count). The molecule has 2 amide bonds. The number of nitrogens with zero attached hydrogens (tertiary/aromatic N) is 3. The second-order valence-electron chi connectivity index (χ2n) is 7.18. The molecule has 0 saturated heterocycles. The third-order valence-corrected chi connectivity index (χ3v) is 5.63. The van der Waals surface area contributed by atoms with Crippen molar-refractivity contribution in [2.45, 2.75) is 30.4 Å². The van der Waals surface area contributed by atoms with Crippen LogP contribution < -0.4 is 15.6 Å². The van der Waals surface area contributed by atoms with Gasteiger partial charge in [-0.15, -0.1) is 10.2 Å². The summed E-state index contributed by atoms with van der Waals surface area (Å²) < 4.78 is 7.54. The number of thioether (sulfide) groups is 1. The predicted molar refractivity (Wildman–Crippen MR) is 119 cm³/mol. The normalized spacial score (nSPS) is 11.1. The number of halogens is 1. The molecule has 3 aromatic rings. The minimum atomic E-state index is -1.21. The van der Waals surface area contributed by atoms with Crippen molar-refractivity contribution in [1.29, 1.82) is 0 Å². The quantitative estimate of drug-likeness (QED) is 0.415. The first-order valence-corrected chi connectivity index (χ1v) is 10.7. The molecule has 162 valence electrons. The number of rotatable bonds is 7. The van der Waals surface area contributed by atoms with E-state index in [-0.39, 0.29) is 0 Å². The van der Waals surface area contributed by atoms with Crippen LogP contribution in [0.25, 0.3) is 0 Å². The Labute approximate surface area is 189 Å². The largest absolute Gasteiger partial charge is 0.478 e. The molecule has 1 aromatic heterocycles. The number of aryl methyl sites for hydroxylation is 1. The lowest BCUT2D eigenvalue weighted by Crippen LogP contribution is -2.53. The summed E-state index contributed by atoms with van der Waals surface area (Å²) in [6.07, 6.45) is 1.64. The highest BCUT2D eigenvalue weighted by atomic mass is 35.5. The number of hydrogen-bond donors (Lipinski definition) is 2. The molecular weight excluding hydrogens is 438 g/mol. The molecule has 0 fully saturated rings. The summed E-state index contributed by atoms with van der Waals surface area (Å²) in [6, 6.07) is 13.8. The lowest BCUT2D eigenvalue weighted by molar-refractivity contribution is -0.135. The number of carbonyl (C=O) groups is 2. The van der Waals surface area contributed by atoms with Gasteiger partial charge in [0.2, 0.25) is 0 Å². The van der Waals surface area contributed by atoms with Crippen molar-refractivity contribution >= 4 is 35.2 Å². The Kier molecular flexibility index (Phi) is 7.19. The molecule has 0 unspecified atom stereocenters. The van der Waals surface area contributed by atoms with Crippen LogP contribution >= 0.6 is 23.4 Å². The maximum Gasteiger partial charge on any atom is 0.281 e. The number of ether oxygens (including phenoxy) is 1. The Morgan fingerprint density at radius 1 is 1.10 bits per heavy atom. The van der Waals surface area contributed by atoms with E-state index in [9.17, 15) is 9.59 Å². The second kappa shape index (κ2) is 9.84. The van der Waals surface area contributed by atoms with Gasteiger partial charge in [-0.3, -0.25) is 20.4 Å². The second-order valence-corrected chi connectivity index (χ2v) is 8.56. The van der Waals surface area contributed by atoms with E-state index in [1.54, 1.807) is 68.3 Å². The van der Waals surface area contributed by atoms with Crippen molar-refractivity contribution in [3.05, 3.63) is 71.0 Å². The molecule has 0 aliphatic carbocycles. The molecule has 0 aliphatic rings. The Balaban J connectivity index is 1.50. The third-order valence-electron chi connectivity index (χ3n) is 4.28. The van der Waals surface area contributed by atoms with Crippen LogP contribution in [0.15, 0.2) is 60.0 Å². The number of hydrazine groups is 1. The summed E-state index contributed by atoms with van der Waals surface area (Å²) in [4.78, 5) is 24.8. The molecule has 0 saturated carbocycles. The molecule has 0 atom stereocenters. The van der Waals surface area contributed by atoms with E-state index in [1.807, 2.05) is 23.7 Å². The van der Waals surface area contributed by atoms with Crippen molar-refractivity contribution < 1.29 is 14.3 Å². The summed E-state index contributed by atoms with van der Waals surface area (Å²) in [5.41, 5.74) is 5.07. The Morgan fingerprint density at radius 2 is 1.77 bits per heavy atom. The molecule has 0 spiro atoms. The first-order chi connectivity index (χ1) is 14.7. The zero-order valence-electron chi connectivity index (χ0n) is 17.3. The van der Waals surface area contributed by atoms with Crippen molar-refractivity contribution in [2.24, 2.45) is 7.05 Å². The van der Waals surface area contributed by atoms with Gasteiger partial charge in [-0.05, 0) is 55.8 Å². The van der Waals surface area contributed by atoms with Gasteiger partial charge in [-0.2, -0.15) is 0 Å². The Bertz CT molecular complexity index is 1050. The highest BCUT2D eigenvalue weighted by Crippen LogP contribution is 2.21. The number of amides is 2. The van der Waals surface area contributed by atoms with Crippen LogP contribution in [-0.2, 0) is 17.6 Å². The molecule has 2 N–H and O–H groups in total. The maximum absolute atomic E-state index is 12.5. The predicted octanol–water partition coefficient (Wildman–Crippen LogP) is 3.38. The van der Waals surface area contributed by atoms with Crippen LogP contribution in [0.3, 0.4) is 0 Å². The fourth-order valence-electron chi connectivity index (χ4n) is 2.48. The molecular formula is C21H22ClN5O3S. The third kappa shape index (κ3) is 6.22. The van der Waals surface area contributed by atoms with E-state index in [0.717, 1.165) is 10.7 Å². The molecule has 0 bridgehead atoms. The molecule has 31 heavy (non-hydrogen) atoms. The fraction of sp³-hybridized carbons (Fsp3) is 0.238. The smallest absolute Gasteiger partial charge is 0.281 e. The fourth-order valence-corrected chi connectivity index (χ4v) is 3.45. The first kappa shape index (κ1) is 22.6. The average Bonchev–Trinajstić information content (AvgIpc) is 3.16. The van der Waals surface area contributed by atoms with E-state index in [1.165, 1.54) is 0 Å². The summed E-state index contributed by atoms with van der Waals surface area (Å²) >= 11 is 7.41. The van der Waals surface area contributed by atoms with Crippen LogP contribution in [0.4, 0.5) is 0 Å². The van der Waals surface area contributed by atoms with E-state index in [0.29, 0.717) is 22.1 Å². The van der Waals surface area contributed by atoms with Crippen LogP contribution in [-0.4, -0.2) is 32.2 Å². The van der Waals surface area contributed by atoms with E-state index >= 15 is 0 Å². The SMILES string of the molecule is Cn1cnnc1SCc1ccc(C(=O)NNC(=O)C(C)(C)Oc2ccc(Cl)cc2)cc1. The van der Waals surface area contributed by atoms with Crippen LogP contribution in [0.2, 0.25) is 5.02 Å². The van der Waals surface area contributed by atoms with E-state index in [4.69, 9.17) is 16.3 Å². The minimum absolute atomic E-state index is 0.420. The van der Waals surface area contributed by atoms with Gasteiger partial charge in [0, 0.05) is 23.4 Å². The summed E-state index contributed by atoms with van der Waals surface area (Å²) in [5, 5.41) is 9.25. The van der Waals surface area contributed by atoms with Crippen molar-refractivity contribution in [3.8, 4) is 5.75 Å². The maximum atomic E-state index is 12.5. The highest BCUT2D eigenvalue weighted by Gasteiger charge is 2.30. The van der Waals surface area contributed by atoms with Gasteiger partial charge >= 0.3 is 0 Å². The standard InChI is InChI=1S/C21H22ClN5O3S/c1-21(2,30-17-10-8-16(22)9-11-17)19(29)25-24-18(28)15-6-4-14(5-7-15)12-31-20-26-23-13-27(20)3/h4-11,13H,12H2,1-3H3,(H,24,28)(H,25,29). The molecule has 0 aliphatic heterocycles. The van der Waals surface area contributed by atoms with Crippen LogP contribution in [0, 0.1) is 0 Å². The van der Waals surface area contributed by atoms with Gasteiger partial charge in [0.05, 0.1) is 0 Å². The van der Waals surface area contributed by atoms with Crippen molar-refractivity contribution in [3.63, 3.8) is 0 Å². The monoisotopic (exact) mass is 459 g/mol. The average molecular weight is 460 g/mol.